The normalized spacial score (nSPS) is 11.9. The number of ether oxygens (including phenoxy) is 1. The van der Waals surface area contributed by atoms with Crippen molar-refractivity contribution in [3.63, 3.8) is 0 Å². The highest BCUT2D eigenvalue weighted by molar-refractivity contribution is 5.65. The number of nitrogens with two attached hydrogens (primary N) is 1. The SMILES string of the molecule is CCOC(C)(C)c1noc(-c2cn[nH]c2N)n1. The number of H-pyrrole nitrogens is 1. The third-order valence-corrected chi connectivity index (χ3v) is 2.37. The van der Waals surface area contributed by atoms with Crippen molar-refractivity contribution >= 4 is 5.82 Å². The fourth-order valence-electron chi connectivity index (χ4n) is 1.47. The maximum Gasteiger partial charge on any atom is 0.263 e. The van der Waals surface area contributed by atoms with Gasteiger partial charge in [-0.3, -0.25) is 5.10 Å². The summed E-state index contributed by atoms with van der Waals surface area (Å²) < 4.78 is 10.7. The third-order valence-electron chi connectivity index (χ3n) is 2.37. The van der Waals surface area contributed by atoms with E-state index >= 15 is 0 Å². The van der Waals surface area contributed by atoms with Gasteiger partial charge in [-0.1, -0.05) is 5.16 Å². The van der Waals surface area contributed by atoms with Gasteiger partial charge in [0.1, 0.15) is 17.0 Å². The Balaban J connectivity index is 2.31. The van der Waals surface area contributed by atoms with Gasteiger partial charge in [0.2, 0.25) is 5.82 Å². The Kier molecular flexibility index (Phi) is 2.84. The third kappa shape index (κ3) is 2.14. The summed E-state index contributed by atoms with van der Waals surface area (Å²) in [6.45, 7) is 6.25. The summed E-state index contributed by atoms with van der Waals surface area (Å²) in [5, 5.41) is 10.3. The lowest BCUT2D eigenvalue weighted by Crippen LogP contribution is -2.23. The van der Waals surface area contributed by atoms with Crippen LogP contribution >= 0.6 is 0 Å². The quantitative estimate of drug-likeness (QED) is 0.831. The average molecular weight is 237 g/mol. The Morgan fingerprint density at radius 1 is 1.53 bits per heavy atom. The Bertz CT molecular complexity index is 502. The first-order valence-corrected chi connectivity index (χ1v) is 5.32. The summed E-state index contributed by atoms with van der Waals surface area (Å²) in [5.74, 6) is 1.21. The van der Waals surface area contributed by atoms with Crippen molar-refractivity contribution in [2.24, 2.45) is 0 Å². The highest BCUT2D eigenvalue weighted by Gasteiger charge is 2.28. The Hall–Kier alpha value is -1.89. The van der Waals surface area contributed by atoms with Gasteiger partial charge in [-0.05, 0) is 20.8 Å². The zero-order chi connectivity index (χ0) is 12.5. The first-order valence-electron chi connectivity index (χ1n) is 5.32. The fraction of sp³-hybridized carbons (Fsp3) is 0.500. The lowest BCUT2D eigenvalue weighted by molar-refractivity contribution is -0.0221. The number of nitrogens with one attached hydrogen (secondary N) is 1. The molecule has 2 rings (SSSR count). The molecular weight excluding hydrogens is 222 g/mol. The van der Waals surface area contributed by atoms with Gasteiger partial charge in [0, 0.05) is 6.61 Å². The van der Waals surface area contributed by atoms with Gasteiger partial charge in [0.05, 0.1) is 6.20 Å². The van der Waals surface area contributed by atoms with Crippen LogP contribution in [0.25, 0.3) is 11.5 Å². The second-order valence-electron chi connectivity index (χ2n) is 4.06. The van der Waals surface area contributed by atoms with Gasteiger partial charge >= 0.3 is 0 Å². The van der Waals surface area contributed by atoms with Crippen molar-refractivity contribution in [2.75, 3.05) is 12.3 Å². The van der Waals surface area contributed by atoms with Gasteiger partial charge in [-0.15, -0.1) is 0 Å². The van der Waals surface area contributed by atoms with Crippen LogP contribution in [0.4, 0.5) is 5.82 Å². The first-order chi connectivity index (χ1) is 8.04. The van der Waals surface area contributed by atoms with Crippen LogP contribution in [0.3, 0.4) is 0 Å². The van der Waals surface area contributed by atoms with Crippen molar-refractivity contribution in [2.45, 2.75) is 26.4 Å². The minimum Gasteiger partial charge on any atom is -0.383 e. The number of aromatic nitrogens is 4. The van der Waals surface area contributed by atoms with Crippen molar-refractivity contribution < 1.29 is 9.26 Å². The van der Waals surface area contributed by atoms with Crippen LogP contribution in [0.2, 0.25) is 0 Å². The van der Waals surface area contributed by atoms with E-state index in [0.29, 0.717) is 29.7 Å². The summed E-state index contributed by atoms with van der Waals surface area (Å²) in [5.41, 5.74) is 5.68. The molecule has 0 spiro atoms. The molecule has 2 heterocycles. The molecule has 0 aliphatic rings. The largest absolute Gasteiger partial charge is 0.383 e. The number of nitrogens with zero attached hydrogens (tertiary/aromatic N) is 3. The number of hydrogen-bond acceptors (Lipinski definition) is 6. The van der Waals surface area contributed by atoms with Crippen LogP contribution in [0, 0.1) is 0 Å². The molecule has 0 amide bonds. The average Bonchev–Trinajstić information content (AvgIpc) is 2.85. The summed E-state index contributed by atoms with van der Waals surface area (Å²) in [6.07, 6.45) is 1.54. The van der Waals surface area contributed by atoms with Crippen LogP contribution in [0.15, 0.2) is 10.7 Å². The molecule has 92 valence electrons. The topological polar surface area (TPSA) is 103 Å². The summed E-state index contributed by atoms with van der Waals surface area (Å²) >= 11 is 0. The van der Waals surface area contributed by atoms with Crippen LogP contribution in [-0.4, -0.2) is 26.9 Å². The molecule has 0 unspecified atom stereocenters. The zero-order valence-corrected chi connectivity index (χ0v) is 10.0. The van der Waals surface area contributed by atoms with Crippen molar-refractivity contribution in [3.05, 3.63) is 12.0 Å². The maximum absolute atomic E-state index is 5.67. The number of nitrogen functional groups attached to an aromatic ring is 1. The molecule has 0 aliphatic carbocycles. The molecule has 0 aliphatic heterocycles. The smallest absolute Gasteiger partial charge is 0.263 e. The molecular formula is C10H15N5O2. The fourth-order valence-corrected chi connectivity index (χ4v) is 1.47. The Morgan fingerprint density at radius 2 is 2.29 bits per heavy atom. The van der Waals surface area contributed by atoms with E-state index in [2.05, 4.69) is 20.3 Å². The van der Waals surface area contributed by atoms with Gasteiger partial charge < -0.3 is 15.0 Å². The van der Waals surface area contributed by atoms with Crippen LogP contribution in [0.1, 0.15) is 26.6 Å². The highest BCUT2D eigenvalue weighted by Crippen LogP contribution is 2.26. The standard InChI is InChI=1S/C10H15N5O2/c1-4-16-10(2,3)9-13-8(17-15-9)6-5-12-14-7(6)11/h5H,4H2,1-3H3,(H3,11,12,14). The predicted molar refractivity (Wildman–Crippen MR) is 60.9 cm³/mol. The molecule has 3 N–H and O–H groups in total. The molecule has 0 saturated heterocycles. The predicted octanol–water partition coefficient (Wildman–Crippen LogP) is 1.31. The van der Waals surface area contributed by atoms with Crippen molar-refractivity contribution in [1.82, 2.24) is 20.3 Å². The molecule has 17 heavy (non-hydrogen) atoms. The van der Waals surface area contributed by atoms with Crippen LogP contribution in [-0.2, 0) is 10.3 Å². The molecule has 2 aromatic heterocycles. The van der Waals surface area contributed by atoms with E-state index in [9.17, 15) is 0 Å². The molecule has 0 saturated carbocycles. The minimum absolute atomic E-state index is 0.332. The molecule has 7 nitrogen and oxygen atoms in total. The molecule has 0 fully saturated rings. The molecule has 7 heteroatoms. The zero-order valence-electron chi connectivity index (χ0n) is 10.0. The molecule has 0 atom stereocenters. The number of rotatable bonds is 4. The first kappa shape index (κ1) is 11.6. The van der Waals surface area contributed by atoms with Crippen molar-refractivity contribution in [1.29, 1.82) is 0 Å². The van der Waals surface area contributed by atoms with Gasteiger partial charge in [0.15, 0.2) is 0 Å². The molecule has 0 aromatic carbocycles. The van der Waals surface area contributed by atoms with Gasteiger partial charge in [-0.25, -0.2) is 0 Å². The van der Waals surface area contributed by atoms with Crippen LogP contribution < -0.4 is 5.73 Å². The van der Waals surface area contributed by atoms with E-state index in [4.69, 9.17) is 15.0 Å². The van der Waals surface area contributed by atoms with E-state index < -0.39 is 5.60 Å². The Labute approximate surface area is 98.3 Å². The second-order valence-corrected chi connectivity index (χ2v) is 4.06. The van der Waals surface area contributed by atoms with E-state index in [0.717, 1.165) is 0 Å². The number of aromatic amines is 1. The van der Waals surface area contributed by atoms with E-state index in [1.165, 1.54) is 0 Å². The number of anilines is 1. The van der Waals surface area contributed by atoms with Crippen molar-refractivity contribution in [3.8, 4) is 11.5 Å². The lowest BCUT2D eigenvalue weighted by Gasteiger charge is -2.19. The minimum atomic E-state index is -0.588. The summed E-state index contributed by atoms with van der Waals surface area (Å²) in [6, 6.07) is 0. The van der Waals surface area contributed by atoms with Crippen LogP contribution in [0.5, 0.6) is 0 Å². The summed E-state index contributed by atoms with van der Waals surface area (Å²) in [7, 11) is 0. The highest BCUT2D eigenvalue weighted by atomic mass is 16.5. The van der Waals surface area contributed by atoms with Gasteiger partial charge in [0.25, 0.3) is 5.89 Å². The maximum atomic E-state index is 5.67. The summed E-state index contributed by atoms with van der Waals surface area (Å²) in [4.78, 5) is 4.26. The van der Waals surface area contributed by atoms with E-state index in [1.54, 1.807) is 6.20 Å². The number of hydrogen-bond donors (Lipinski definition) is 2. The Morgan fingerprint density at radius 3 is 2.88 bits per heavy atom. The molecule has 0 radical (unpaired) electrons. The molecule has 2 aromatic rings. The lowest BCUT2D eigenvalue weighted by atomic mass is 10.1. The van der Waals surface area contributed by atoms with E-state index in [-0.39, 0.29) is 0 Å². The van der Waals surface area contributed by atoms with Gasteiger partial charge in [-0.2, -0.15) is 10.1 Å². The molecule has 0 bridgehead atoms. The monoisotopic (exact) mass is 237 g/mol. The second kappa shape index (κ2) is 4.17. The van der Waals surface area contributed by atoms with E-state index in [1.807, 2.05) is 20.8 Å².